The van der Waals surface area contributed by atoms with E-state index in [4.69, 9.17) is 34.6 Å². The Morgan fingerprint density at radius 3 is 1.95 bits per heavy atom. The van der Waals surface area contributed by atoms with Gasteiger partial charge in [-0.3, -0.25) is 4.57 Å². The largest absolute Gasteiger partial charge is 0.414 e. The highest BCUT2D eigenvalue weighted by Crippen LogP contribution is 2.51. The Labute approximate surface area is 261 Å². The van der Waals surface area contributed by atoms with E-state index in [2.05, 4.69) is 118 Å². The standard InChI is InChI=1S/C30H53ClN4O4Si3/c1-27(2,3)40(10,11)36-18-20-23(38-41(12,13)28(4,5)6)24(39-42(14,15)29(7,8)9)30(37-20)17-16-21-34-22-25(31)32-19-33-26(22)35(21)30/h16-17,19-20,23-24H,18H2,1-15H3/t20-,23-,24-,30-/m1/s1. The highest BCUT2D eigenvalue weighted by atomic mass is 35.5. The number of fused-ring (bicyclic) bond motifs is 4. The van der Waals surface area contributed by atoms with Crippen molar-refractivity contribution >= 4 is 53.8 Å². The van der Waals surface area contributed by atoms with Gasteiger partial charge in [0.05, 0.1) is 6.61 Å². The second kappa shape index (κ2) is 10.6. The van der Waals surface area contributed by atoms with Crippen LogP contribution in [-0.2, 0) is 23.7 Å². The summed E-state index contributed by atoms with van der Waals surface area (Å²) in [7, 11) is -6.69. The molecule has 4 rings (SSSR count). The van der Waals surface area contributed by atoms with Crippen LogP contribution in [0.2, 0.25) is 59.5 Å². The molecule has 4 atom stereocenters. The van der Waals surface area contributed by atoms with Gasteiger partial charge in [0.25, 0.3) is 0 Å². The van der Waals surface area contributed by atoms with Crippen LogP contribution in [0.15, 0.2) is 12.4 Å². The molecule has 1 spiro atoms. The maximum atomic E-state index is 7.40. The molecule has 42 heavy (non-hydrogen) atoms. The molecule has 0 saturated carbocycles. The van der Waals surface area contributed by atoms with Crippen molar-refractivity contribution < 1.29 is 18.0 Å². The Hall–Kier alpha value is -0.929. The van der Waals surface area contributed by atoms with Gasteiger partial charge in [0.1, 0.15) is 36.0 Å². The summed E-state index contributed by atoms with van der Waals surface area (Å²) in [5.74, 6) is 0.716. The third-order valence-electron chi connectivity index (χ3n) is 10.5. The van der Waals surface area contributed by atoms with E-state index in [0.29, 0.717) is 28.7 Å². The lowest BCUT2D eigenvalue weighted by Crippen LogP contribution is -2.57. The normalized spacial score (nSPS) is 25.7. The van der Waals surface area contributed by atoms with Crippen molar-refractivity contribution in [1.29, 1.82) is 0 Å². The van der Waals surface area contributed by atoms with Gasteiger partial charge >= 0.3 is 0 Å². The van der Waals surface area contributed by atoms with Gasteiger partial charge in [0, 0.05) is 0 Å². The van der Waals surface area contributed by atoms with Gasteiger partial charge in [-0.1, -0.05) is 73.9 Å². The Balaban J connectivity index is 1.91. The molecule has 2 aliphatic rings. The minimum Gasteiger partial charge on any atom is -0.414 e. The first-order valence-electron chi connectivity index (χ1n) is 15.1. The number of rotatable bonds is 7. The number of halogens is 1. The molecule has 1 fully saturated rings. The summed E-state index contributed by atoms with van der Waals surface area (Å²) < 4.78 is 30.8. The lowest BCUT2D eigenvalue weighted by molar-refractivity contribution is -0.103. The first-order chi connectivity index (χ1) is 18.8. The van der Waals surface area contributed by atoms with Gasteiger partial charge in [0.2, 0.25) is 0 Å². The molecule has 8 nitrogen and oxygen atoms in total. The third kappa shape index (κ3) is 5.77. The first-order valence-corrected chi connectivity index (χ1v) is 24.2. The molecule has 0 amide bonds. The lowest BCUT2D eigenvalue weighted by atomic mass is 10.0. The topological polar surface area (TPSA) is 80.5 Å². The van der Waals surface area contributed by atoms with Crippen LogP contribution in [0.1, 0.15) is 68.1 Å². The maximum absolute atomic E-state index is 7.40. The fourth-order valence-corrected chi connectivity index (χ4v) is 8.45. The molecule has 4 heterocycles. The van der Waals surface area contributed by atoms with Crippen LogP contribution < -0.4 is 0 Å². The first kappa shape index (κ1) is 34.0. The predicted molar refractivity (Wildman–Crippen MR) is 180 cm³/mol. The van der Waals surface area contributed by atoms with Crippen LogP contribution in [0.3, 0.4) is 0 Å². The zero-order chi connectivity index (χ0) is 31.9. The average molecular weight is 653 g/mol. The van der Waals surface area contributed by atoms with Gasteiger partial charge < -0.3 is 18.0 Å². The van der Waals surface area contributed by atoms with Gasteiger partial charge in [-0.15, -0.1) is 0 Å². The molecular weight excluding hydrogens is 600 g/mol. The molecule has 0 N–H and O–H groups in total. The molecular formula is C30H53ClN4O4Si3. The molecule has 236 valence electrons. The van der Waals surface area contributed by atoms with Crippen molar-refractivity contribution in [2.45, 2.75) is 141 Å². The van der Waals surface area contributed by atoms with E-state index in [0.717, 1.165) is 0 Å². The van der Waals surface area contributed by atoms with Gasteiger partial charge in [-0.05, 0) is 66.5 Å². The van der Waals surface area contributed by atoms with E-state index in [1.165, 1.54) is 6.33 Å². The molecule has 1 saturated heterocycles. The molecule has 0 bridgehead atoms. The van der Waals surface area contributed by atoms with Crippen LogP contribution in [0.5, 0.6) is 0 Å². The fraction of sp³-hybridized carbons (Fsp3) is 0.767. The number of imidazole rings is 1. The Kier molecular flexibility index (Phi) is 8.55. The zero-order valence-electron chi connectivity index (χ0n) is 28.5. The average Bonchev–Trinajstić information content (AvgIpc) is 3.44. The molecule has 0 radical (unpaired) electrons. The molecule has 12 heteroatoms. The van der Waals surface area contributed by atoms with E-state index in [1.807, 2.05) is 10.6 Å². The van der Waals surface area contributed by atoms with Crippen LogP contribution in [0.4, 0.5) is 0 Å². The highest BCUT2D eigenvalue weighted by molar-refractivity contribution is 6.75. The Morgan fingerprint density at radius 1 is 0.857 bits per heavy atom. The van der Waals surface area contributed by atoms with Gasteiger partial charge in [-0.2, -0.15) is 0 Å². The molecule has 0 aliphatic carbocycles. The van der Waals surface area contributed by atoms with E-state index >= 15 is 0 Å². The minimum atomic E-state index is -2.33. The summed E-state index contributed by atoms with van der Waals surface area (Å²) in [6, 6.07) is 0. The Bertz CT molecular complexity index is 1360. The van der Waals surface area contributed by atoms with E-state index < -0.39 is 36.8 Å². The van der Waals surface area contributed by atoms with Crippen molar-refractivity contribution in [3.63, 3.8) is 0 Å². The third-order valence-corrected chi connectivity index (χ3v) is 24.2. The number of hydrogen-bond donors (Lipinski definition) is 0. The summed E-state index contributed by atoms with van der Waals surface area (Å²) in [6.45, 7) is 34.5. The van der Waals surface area contributed by atoms with E-state index in [-0.39, 0.29) is 27.3 Å². The van der Waals surface area contributed by atoms with Gasteiger partial charge in [-0.25, -0.2) is 15.0 Å². The van der Waals surface area contributed by atoms with Crippen molar-refractivity contribution in [3.05, 3.63) is 23.4 Å². The zero-order valence-corrected chi connectivity index (χ0v) is 32.2. The van der Waals surface area contributed by atoms with Crippen LogP contribution >= 0.6 is 11.6 Å². The van der Waals surface area contributed by atoms with Gasteiger partial charge in [0.15, 0.2) is 41.5 Å². The summed E-state index contributed by atoms with van der Waals surface area (Å²) in [5, 5.41) is 0.343. The minimum absolute atomic E-state index is 0.00571. The molecule has 0 unspecified atom stereocenters. The van der Waals surface area contributed by atoms with E-state index in [9.17, 15) is 0 Å². The monoisotopic (exact) mass is 652 g/mol. The summed E-state index contributed by atoms with van der Waals surface area (Å²) in [4.78, 5) is 13.6. The SMILES string of the molecule is CC(C)(C)[Si](C)(C)OC[C@H]1O[C@]2(C=Cc3nc4c(Cl)ncnc4n32)[C@H](O[Si](C)(C)C(C)(C)C)[C@@H]1O[Si](C)(C)C(C)(C)C. The predicted octanol–water partition coefficient (Wildman–Crippen LogP) is 8.36. The maximum Gasteiger partial charge on any atom is 0.195 e. The van der Waals surface area contributed by atoms with E-state index in [1.54, 1.807) is 0 Å². The van der Waals surface area contributed by atoms with Crippen molar-refractivity contribution in [2.75, 3.05) is 6.61 Å². The lowest BCUT2D eigenvalue weighted by Gasteiger charge is -2.45. The van der Waals surface area contributed by atoms with Crippen molar-refractivity contribution in [2.24, 2.45) is 0 Å². The number of ether oxygens (including phenoxy) is 1. The number of nitrogens with zero attached hydrogens (tertiary/aromatic N) is 4. The summed E-state index contributed by atoms with van der Waals surface area (Å²) in [6.07, 6.45) is 4.36. The fourth-order valence-electron chi connectivity index (χ4n) is 4.66. The van der Waals surface area contributed by atoms with Crippen LogP contribution in [0, 0.1) is 0 Å². The highest BCUT2D eigenvalue weighted by Gasteiger charge is 2.63. The quantitative estimate of drug-likeness (QED) is 0.220. The van der Waals surface area contributed by atoms with Crippen LogP contribution in [-0.4, -0.2) is 69.4 Å². The Morgan fingerprint density at radius 2 is 1.40 bits per heavy atom. The molecule has 0 aromatic carbocycles. The molecule has 2 aliphatic heterocycles. The summed E-state index contributed by atoms with van der Waals surface area (Å²) >= 11 is 6.51. The molecule has 2 aromatic heterocycles. The number of hydrogen-bond acceptors (Lipinski definition) is 7. The number of aromatic nitrogens is 4. The van der Waals surface area contributed by atoms with Crippen LogP contribution in [0.25, 0.3) is 17.2 Å². The molecule has 2 aromatic rings. The van der Waals surface area contributed by atoms with Crippen molar-refractivity contribution in [3.8, 4) is 0 Å². The second-order valence-electron chi connectivity index (χ2n) is 16.6. The summed E-state index contributed by atoms with van der Waals surface area (Å²) in [5.41, 5.74) is 0.150. The smallest absolute Gasteiger partial charge is 0.195 e. The second-order valence-corrected chi connectivity index (χ2v) is 31.3. The van der Waals surface area contributed by atoms with Crippen molar-refractivity contribution in [1.82, 2.24) is 19.5 Å².